The van der Waals surface area contributed by atoms with Crippen LogP contribution in [0.1, 0.15) is 43.2 Å². The molecule has 2 aromatic carbocycles. The zero-order valence-corrected chi connectivity index (χ0v) is 15.9. The van der Waals surface area contributed by atoms with Gasteiger partial charge in [0.05, 0.1) is 5.60 Å². The molecule has 2 aliphatic rings. The van der Waals surface area contributed by atoms with E-state index in [-0.39, 0.29) is 30.6 Å². The molecule has 0 aromatic heterocycles. The largest absolute Gasteiger partial charge is 0.445 e. The van der Waals surface area contributed by atoms with Crippen LogP contribution in [0.5, 0.6) is 0 Å². The number of hydrogen-bond donors (Lipinski definition) is 1. The first-order valence-corrected chi connectivity index (χ1v) is 9.98. The van der Waals surface area contributed by atoms with Crippen molar-refractivity contribution in [2.24, 2.45) is 0 Å². The monoisotopic (exact) mass is 383 g/mol. The number of nitrogens with zero attached hydrogens (tertiary/aromatic N) is 1. The smallest absolute Gasteiger partial charge is 0.410 e. The summed E-state index contributed by atoms with van der Waals surface area (Å²) in [6, 6.07) is 16.2. The van der Waals surface area contributed by atoms with Crippen molar-refractivity contribution in [3.05, 3.63) is 71.5 Å². The summed E-state index contributed by atoms with van der Waals surface area (Å²) in [7, 11) is 0. The third-order valence-electron chi connectivity index (χ3n) is 6.04. The van der Waals surface area contributed by atoms with Crippen LogP contribution in [0.4, 0.5) is 9.18 Å². The summed E-state index contributed by atoms with van der Waals surface area (Å²) in [5.41, 5.74) is 1.05. The average molecular weight is 383 g/mol. The summed E-state index contributed by atoms with van der Waals surface area (Å²) in [5.74, 6) is -0.249. The van der Waals surface area contributed by atoms with Gasteiger partial charge in [0.2, 0.25) is 0 Å². The highest BCUT2D eigenvalue weighted by molar-refractivity contribution is 5.69. The van der Waals surface area contributed by atoms with E-state index in [1.807, 2.05) is 41.3 Å². The minimum Gasteiger partial charge on any atom is -0.445 e. The van der Waals surface area contributed by atoms with Crippen LogP contribution in [0.3, 0.4) is 0 Å². The molecule has 2 aliphatic heterocycles. The van der Waals surface area contributed by atoms with Crippen LogP contribution in [0.25, 0.3) is 0 Å². The molecule has 0 radical (unpaired) electrons. The predicted octanol–water partition coefficient (Wildman–Crippen LogP) is 4.45. The van der Waals surface area contributed by atoms with E-state index < -0.39 is 5.60 Å². The Balaban J connectivity index is 1.35. The zero-order valence-electron chi connectivity index (χ0n) is 15.9. The van der Waals surface area contributed by atoms with Gasteiger partial charge in [-0.15, -0.1) is 0 Å². The normalized spacial score (nSPS) is 26.3. The lowest BCUT2D eigenvalue weighted by Gasteiger charge is -2.43. The number of hydrogen-bond acceptors (Lipinski definition) is 3. The number of piperidine rings is 1. The van der Waals surface area contributed by atoms with Crippen molar-refractivity contribution >= 4 is 6.09 Å². The molecule has 148 valence electrons. The molecule has 4 rings (SSSR count). The van der Waals surface area contributed by atoms with E-state index in [1.165, 1.54) is 12.1 Å². The highest BCUT2D eigenvalue weighted by Crippen LogP contribution is 2.43. The summed E-state index contributed by atoms with van der Waals surface area (Å²) >= 11 is 0. The summed E-state index contributed by atoms with van der Waals surface area (Å²) in [5, 5.41) is 11.1. The van der Waals surface area contributed by atoms with E-state index in [9.17, 15) is 14.3 Å². The first-order valence-electron chi connectivity index (χ1n) is 9.98. The van der Waals surface area contributed by atoms with Crippen LogP contribution in [0.2, 0.25) is 0 Å². The summed E-state index contributed by atoms with van der Waals surface area (Å²) in [6.07, 6.45) is 3.82. The maximum absolute atomic E-state index is 13.4. The number of carbonyl (C=O) groups is 1. The molecule has 5 heteroatoms. The number of fused-ring (bicyclic) bond motifs is 2. The number of aliphatic hydroxyl groups is 1. The van der Waals surface area contributed by atoms with Crippen LogP contribution in [-0.4, -0.2) is 33.8 Å². The van der Waals surface area contributed by atoms with Crippen molar-refractivity contribution in [2.75, 3.05) is 0 Å². The summed E-state index contributed by atoms with van der Waals surface area (Å²) in [6.45, 7) is 0.263. The van der Waals surface area contributed by atoms with Crippen LogP contribution in [-0.2, 0) is 17.8 Å². The fraction of sp³-hybridized carbons (Fsp3) is 0.435. The van der Waals surface area contributed by atoms with E-state index in [1.54, 1.807) is 6.07 Å². The Hall–Kier alpha value is -2.40. The number of benzene rings is 2. The van der Waals surface area contributed by atoms with Gasteiger partial charge < -0.3 is 14.7 Å². The Morgan fingerprint density at radius 3 is 2.43 bits per heavy atom. The lowest BCUT2D eigenvalue weighted by molar-refractivity contribution is -0.0538. The molecule has 0 spiro atoms. The number of ether oxygens (including phenoxy) is 1. The molecule has 2 fully saturated rings. The quantitative estimate of drug-likeness (QED) is 0.830. The molecule has 2 unspecified atom stereocenters. The summed E-state index contributed by atoms with van der Waals surface area (Å²) in [4.78, 5) is 14.5. The summed E-state index contributed by atoms with van der Waals surface area (Å²) < 4.78 is 18.9. The second kappa shape index (κ2) is 7.92. The predicted molar refractivity (Wildman–Crippen MR) is 104 cm³/mol. The third kappa shape index (κ3) is 4.20. The van der Waals surface area contributed by atoms with E-state index in [4.69, 9.17) is 4.74 Å². The average Bonchev–Trinajstić information content (AvgIpc) is 2.98. The number of aryl methyl sites for hydroxylation is 1. The minimum absolute atomic E-state index is 0.0135. The van der Waals surface area contributed by atoms with Crippen molar-refractivity contribution in [1.29, 1.82) is 0 Å². The molecule has 2 saturated heterocycles. The molecule has 2 atom stereocenters. The van der Waals surface area contributed by atoms with Crippen molar-refractivity contribution in [1.82, 2.24) is 4.90 Å². The van der Waals surface area contributed by atoms with Gasteiger partial charge in [-0.2, -0.15) is 0 Å². The van der Waals surface area contributed by atoms with Gasteiger partial charge in [0.1, 0.15) is 12.4 Å². The first kappa shape index (κ1) is 18.9. The molecule has 1 amide bonds. The highest BCUT2D eigenvalue weighted by atomic mass is 19.1. The number of amides is 1. The van der Waals surface area contributed by atoms with Gasteiger partial charge >= 0.3 is 6.09 Å². The van der Waals surface area contributed by atoms with Gasteiger partial charge in [0, 0.05) is 12.1 Å². The third-order valence-corrected chi connectivity index (χ3v) is 6.04. The minimum atomic E-state index is -0.811. The molecule has 4 nitrogen and oxygen atoms in total. The van der Waals surface area contributed by atoms with Crippen molar-refractivity contribution in [3.63, 3.8) is 0 Å². The number of carbonyl (C=O) groups excluding carboxylic acids is 1. The Labute approximate surface area is 164 Å². The Morgan fingerprint density at radius 1 is 1.07 bits per heavy atom. The maximum Gasteiger partial charge on any atom is 0.410 e. The van der Waals surface area contributed by atoms with Crippen molar-refractivity contribution < 1.29 is 19.0 Å². The number of rotatable bonds is 5. The molecular formula is C23H26FNO3. The topological polar surface area (TPSA) is 49.8 Å². The first-order chi connectivity index (χ1) is 13.5. The van der Waals surface area contributed by atoms with Crippen molar-refractivity contribution in [2.45, 2.75) is 62.8 Å². The van der Waals surface area contributed by atoms with Crippen LogP contribution in [0.15, 0.2) is 54.6 Å². The molecule has 28 heavy (non-hydrogen) atoms. The molecule has 2 bridgehead atoms. The van der Waals surface area contributed by atoms with Gasteiger partial charge in [-0.25, -0.2) is 9.18 Å². The van der Waals surface area contributed by atoms with E-state index in [0.717, 1.165) is 24.0 Å². The Kier molecular flexibility index (Phi) is 5.36. The Bertz CT molecular complexity index is 812. The maximum atomic E-state index is 13.4. The SMILES string of the molecule is O=C(OCc1ccccc1)N1C2CCC1CC(O)(CCc1cccc(F)c1)C2. The van der Waals surface area contributed by atoms with Crippen LogP contribution >= 0.6 is 0 Å². The van der Waals surface area contributed by atoms with Gasteiger partial charge in [0.25, 0.3) is 0 Å². The van der Waals surface area contributed by atoms with Crippen LogP contribution < -0.4 is 0 Å². The fourth-order valence-electron chi connectivity index (χ4n) is 4.69. The zero-order chi connectivity index (χ0) is 19.6. The number of halogens is 1. The van der Waals surface area contributed by atoms with Gasteiger partial charge in [-0.1, -0.05) is 42.5 Å². The van der Waals surface area contributed by atoms with Gasteiger partial charge in [-0.05, 0) is 61.8 Å². The van der Waals surface area contributed by atoms with E-state index in [2.05, 4.69) is 0 Å². The standard InChI is InChI=1S/C23H26FNO3/c24-19-8-4-7-17(13-19)11-12-23(27)14-20-9-10-21(15-23)25(20)22(26)28-16-18-5-2-1-3-6-18/h1-8,13,20-21,27H,9-12,14-16H2. The molecule has 0 saturated carbocycles. The van der Waals surface area contributed by atoms with E-state index in [0.29, 0.717) is 25.7 Å². The lowest BCUT2D eigenvalue weighted by atomic mass is 9.82. The molecular weight excluding hydrogens is 357 g/mol. The lowest BCUT2D eigenvalue weighted by Crippen LogP contribution is -2.53. The molecule has 1 N–H and O–H groups in total. The molecule has 2 heterocycles. The van der Waals surface area contributed by atoms with Gasteiger partial charge in [-0.3, -0.25) is 0 Å². The molecule has 0 aliphatic carbocycles. The van der Waals surface area contributed by atoms with Gasteiger partial charge in [0.15, 0.2) is 0 Å². The molecule has 2 aromatic rings. The van der Waals surface area contributed by atoms with Crippen LogP contribution in [0, 0.1) is 5.82 Å². The second-order valence-corrected chi connectivity index (χ2v) is 8.09. The Morgan fingerprint density at radius 2 is 1.75 bits per heavy atom. The second-order valence-electron chi connectivity index (χ2n) is 8.09. The van der Waals surface area contributed by atoms with E-state index >= 15 is 0 Å². The fourth-order valence-corrected chi connectivity index (χ4v) is 4.69. The van der Waals surface area contributed by atoms with Crippen molar-refractivity contribution in [3.8, 4) is 0 Å². The highest BCUT2D eigenvalue weighted by Gasteiger charge is 2.49.